The van der Waals surface area contributed by atoms with Crippen LogP contribution in [0.1, 0.15) is 244 Å². The average molecular weight is 2020 g/mol. The summed E-state index contributed by atoms with van der Waals surface area (Å²) in [5, 5.41) is 38.6. The fraction of sp³-hybridized carbons (Fsp3) is 0.500. The normalized spacial score (nSPS) is 21.0. The minimum absolute atomic E-state index is 0.00332. The molecule has 142 heavy (non-hydrogen) atoms. The summed E-state index contributed by atoms with van der Waals surface area (Å²) in [6.07, 6.45) is 26.5. The van der Waals surface area contributed by atoms with Crippen molar-refractivity contribution in [3.8, 4) is 45.0 Å². The first kappa shape index (κ1) is 103. The van der Waals surface area contributed by atoms with Crippen LogP contribution in [0.15, 0.2) is 168 Å². The zero-order chi connectivity index (χ0) is 99.1. The van der Waals surface area contributed by atoms with E-state index in [-0.39, 0.29) is 113 Å². The SMILES string of the molecule is CN[C@@H](C)C(=O)N[C@H](C(=O)N1CCC[C@H]1c1nc(-c2ccc(C)c3ccccc23)cs1)C1CCOCC1.CN[C@@H](C)C(=O)N[C@H](C(=O)N1CCC[C@H]1c1nc(-c2cccc3ccccc23)c(Cl)s1)C1CCCCC1.CN[C@@H](C)C(=O)N[C@H](C(=O)N1CCC[C@H]1c1nc(-c2ccccc2)cs1)C1CCCCC1.NC1(C(=O)N[C@H](C(=O)N2CCC[C@H]2c2nc(-c3cccc4ccccc34)cs2)C2CCCCC2)CC1. The molecule has 5 saturated heterocycles. The molecule has 8 amide bonds. The number of nitrogens with two attached hydrogens (primary N) is 1. The van der Waals surface area contributed by atoms with Crippen molar-refractivity contribution in [1.82, 2.24) is 76.8 Å². The topological polar surface area (TPSA) is 321 Å². The zero-order valence-electron chi connectivity index (χ0n) is 83.0. The summed E-state index contributed by atoms with van der Waals surface area (Å²) in [4.78, 5) is 135. The van der Waals surface area contributed by atoms with Gasteiger partial charge < -0.3 is 67.3 Å². The first-order chi connectivity index (χ1) is 69.1. The van der Waals surface area contributed by atoms with Gasteiger partial charge in [-0.05, 0) is 226 Å². The summed E-state index contributed by atoms with van der Waals surface area (Å²) in [6, 6.07) is 48.7. The molecule has 752 valence electrons. The number of ether oxygens (including phenoxy) is 1. The van der Waals surface area contributed by atoms with Gasteiger partial charge in [-0.25, -0.2) is 19.9 Å². The van der Waals surface area contributed by atoms with Crippen molar-refractivity contribution < 1.29 is 43.1 Å². The molecule has 9 aliphatic rings. The molecule has 0 radical (unpaired) electrons. The summed E-state index contributed by atoms with van der Waals surface area (Å²) in [5.74, 6) is 0.223. The highest BCUT2D eigenvalue weighted by molar-refractivity contribution is 7.16. The standard InChI is InChI=1S/C29H35ClN4O2S.C29H36N4O3S.C29H34N4O2S.C25H34N4O2S/c1-18(31-2)27(35)32-24(20-11-4-3-5-12-20)29(36)34-17-9-16-23(34)28-33-25(26(30)37-28)22-15-8-13-19-10-6-7-14-21(19)22;1-18-10-11-23(22-8-5-4-7-21(18)22)24-17-37-28(31-24)25-9-6-14-33(25)29(35)26(20-12-15-36-16-13-20)32-27(34)19(2)30-3;30-29(15-16-29)28(35)32-25(20-9-2-1-3-10-20)27(34)33-17-7-14-24(33)26-31-23(18-36-26)22-13-6-11-19-8-4-5-12-21(19)22;1-17(26-2)23(30)28-22(19-12-7-4-8-13-19)25(31)29-15-9-14-21(29)24-27-20(16-32-24)18-10-5-3-6-11-18/h6-8,10,13-15,18,20,23-24,31H,3-5,9,11-12,16-17H2,1-2H3,(H,32,35);4-5,7-8,10-11,17,19-20,25-26,30H,6,9,12-16H2,1-3H3,(H,32,34);4-6,8,11-13,18,20,24-25H,1-3,7,9-10,14-17,30H2,(H,32,35);3,5-6,10-11,16-17,19,21-22,26H,4,7-9,12-15H2,1-2H3,(H,28,30)/t18-,23-,24-;19-,25-,26-;24-,25-;17-,21-,22-/m0000/s1. The highest BCUT2D eigenvalue weighted by Gasteiger charge is 2.50. The van der Waals surface area contributed by atoms with E-state index in [0.29, 0.717) is 50.0 Å². The van der Waals surface area contributed by atoms with Gasteiger partial charge in [-0.15, -0.1) is 45.3 Å². The van der Waals surface area contributed by atoms with E-state index in [4.69, 9.17) is 42.0 Å². The highest BCUT2D eigenvalue weighted by Crippen LogP contribution is 2.47. The number of thiazole rings is 4. The number of carbonyl (C=O) groups is 8. The van der Waals surface area contributed by atoms with Crippen molar-refractivity contribution in [3.63, 3.8) is 0 Å². The van der Waals surface area contributed by atoms with E-state index >= 15 is 0 Å². The predicted octanol–water partition coefficient (Wildman–Crippen LogP) is 19.7. The monoisotopic (exact) mass is 2010 g/mol. The molecule has 9 N–H and O–H groups in total. The predicted molar refractivity (Wildman–Crippen MR) is 570 cm³/mol. The molecular formula is C112H139ClN16O9S4. The number of nitrogens with one attached hydrogen (secondary N) is 7. The molecule has 0 bridgehead atoms. The lowest BCUT2D eigenvalue weighted by molar-refractivity contribution is -0.140. The van der Waals surface area contributed by atoms with Crippen LogP contribution in [0.4, 0.5) is 0 Å². The Kier molecular flexibility index (Phi) is 35.0. The number of likely N-dealkylation sites (N-methyl/N-ethyl adjacent to an activating group) is 3. The third kappa shape index (κ3) is 23.9. The van der Waals surface area contributed by atoms with Crippen molar-refractivity contribution in [2.45, 2.75) is 273 Å². The van der Waals surface area contributed by atoms with Crippen LogP contribution < -0.4 is 43.0 Å². The number of hydrogen-bond donors (Lipinski definition) is 8. The molecular weight excluding hydrogens is 1880 g/mol. The maximum Gasteiger partial charge on any atom is 0.246 e. The fourth-order valence-electron chi connectivity index (χ4n) is 22.2. The Bertz CT molecular complexity index is 6190. The van der Waals surface area contributed by atoms with Gasteiger partial charge in [-0.2, -0.15) is 0 Å². The lowest BCUT2D eigenvalue weighted by Crippen LogP contribution is -2.56. The van der Waals surface area contributed by atoms with E-state index in [2.05, 4.69) is 176 Å². The van der Waals surface area contributed by atoms with Gasteiger partial charge in [0, 0.05) is 77.8 Å². The molecule has 0 unspecified atom stereocenters. The van der Waals surface area contributed by atoms with Gasteiger partial charge in [-0.1, -0.05) is 221 Å². The maximum absolute atomic E-state index is 14.0. The van der Waals surface area contributed by atoms with Crippen LogP contribution in [-0.4, -0.2) is 195 Å². The molecule has 4 aliphatic carbocycles. The Balaban J connectivity index is 0.000000130. The largest absolute Gasteiger partial charge is 0.381 e. The third-order valence-electron chi connectivity index (χ3n) is 31.1. The van der Waals surface area contributed by atoms with E-state index in [1.165, 1.54) is 57.7 Å². The molecule has 20 rings (SSSR count). The van der Waals surface area contributed by atoms with Crippen LogP contribution in [-0.2, 0) is 43.1 Å². The zero-order valence-corrected chi connectivity index (χ0v) is 87.0. The van der Waals surface area contributed by atoms with E-state index in [0.717, 1.165) is 224 Å². The summed E-state index contributed by atoms with van der Waals surface area (Å²) >= 11 is 13.1. The molecule has 4 saturated carbocycles. The number of amides is 8. The minimum Gasteiger partial charge on any atom is -0.381 e. The molecule has 0 spiro atoms. The van der Waals surface area contributed by atoms with E-state index in [1.54, 1.807) is 55.2 Å². The lowest BCUT2D eigenvalue weighted by atomic mass is 9.83. The molecule has 5 aliphatic heterocycles. The lowest BCUT2D eigenvalue weighted by Gasteiger charge is -2.35. The van der Waals surface area contributed by atoms with Gasteiger partial charge in [0.15, 0.2) is 0 Å². The number of fused-ring (bicyclic) bond motifs is 3. The van der Waals surface area contributed by atoms with Crippen LogP contribution >= 0.6 is 56.9 Å². The van der Waals surface area contributed by atoms with Gasteiger partial charge in [0.1, 0.15) is 54.2 Å². The Morgan fingerprint density at radius 3 is 1.16 bits per heavy atom. The van der Waals surface area contributed by atoms with Crippen molar-refractivity contribution >= 4 is 137 Å². The van der Waals surface area contributed by atoms with E-state index < -0.39 is 29.7 Å². The van der Waals surface area contributed by atoms with Crippen LogP contribution in [0.3, 0.4) is 0 Å². The number of benzene rings is 7. The summed E-state index contributed by atoms with van der Waals surface area (Å²) in [5.41, 5.74) is 14.7. The van der Waals surface area contributed by atoms with E-state index in [1.807, 2.05) is 76.8 Å². The van der Waals surface area contributed by atoms with Gasteiger partial charge in [0.25, 0.3) is 0 Å². The molecule has 25 nitrogen and oxygen atoms in total. The highest BCUT2D eigenvalue weighted by atomic mass is 35.5. The second-order valence-corrected chi connectivity index (χ2v) is 44.6. The quantitative estimate of drug-likeness (QED) is 0.0237. The second-order valence-electron chi connectivity index (χ2n) is 40.3. The average Bonchev–Trinajstić information content (AvgIpc) is 1.61. The van der Waals surface area contributed by atoms with E-state index in [9.17, 15) is 38.4 Å². The van der Waals surface area contributed by atoms with Crippen molar-refractivity contribution in [3.05, 3.63) is 198 Å². The van der Waals surface area contributed by atoms with Crippen LogP contribution in [0.25, 0.3) is 77.3 Å². The molecule has 7 aromatic carbocycles. The smallest absolute Gasteiger partial charge is 0.246 e. The number of aryl methyl sites for hydroxylation is 1. The molecule has 9 fully saturated rings. The summed E-state index contributed by atoms with van der Waals surface area (Å²) in [6.45, 7) is 11.6. The summed E-state index contributed by atoms with van der Waals surface area (Å²) < 4.78 is 6.19. The van der Waals surface area contributed by atoms with Crippen LogP contribution in [0.5, 0.6) is 0 Å². The first-order valence-electron chi connectivity index (χ1n) is 51.9. The Morgan fingerprint density at radius 1 is 0.380 bits per heavy atom. The first-order valence-corrected chi connectivity index (χ1v) is 55.8. The summed E-state index contributed by atoms with van der Waals surface area (Å²) in [7, 11) is 5.28. The number of rotatable bonds is 27. The Morgan fingerprint density at radius 2 is 0.732 bits per heavy atom. The van der Waals surface area contributed by atoms with Crippen molar-refractivity contribution in [2.24, 2.45) is 29.4 Å². The fourth-order valence-corrected chi connectivity index (χ4v) is 26.4. The van der Waals surface area contributed by atoms with Crippen LogP contribution in [0, 0.1) is 30.6 Å². The van der Waals surface area contributed by atoms with Gasteiger partial charge in [0.2, 0.25) is 47.3 Å². The number of nitrogens with zero attached hydrogens (tertiary/aromatic N) is 8. The number of hydrogen-bond acceptors (Lipinski definition) is 21. The number of aromatic nitrogens is 4. The molecule has 11 atom stereocenters. The van der Waals surface area contributed by atoms with Crippen LogP contribution in [0.2, 0.25) is 4.34 Å². The van der Waals surface area contributed by atoms with Gasteiger partial charge >= 0.3 is 0 Å². The third-order valence-corrected chi connectivity index (χ3v) is 35.3. The minimum atomic E-state index is -0.778. The Labute approximate surface area is 856 Å². The van der Waals surface area contributed by atoms with Crippen molar-refractivity contribution in [2.75, 3.05) is 60.5 Å². The second kappa shape index (κ2) is 48.1. The molecule has 11 aromatic rings. The number of halogens is 1. The molecule has 4 aromatic heterocycles. The van der Waals surface area contributed by atoms with Gasteiger partial charge in [0.05, 0.1) is 64.9 Å². The molecule has 9 heterocycles. The van der Waals surface area contributed by atoms with Gasteiger partial charge in [-0.3, -0.25) is 38.4 Å². The number of likely N-dealkylation sites (tertiary alicyclic amines) is 4. The Hall–Kier alpha value is -10.3. The number of carbonyl (C=O) groups excluding carboxylic acids is 8. The molecule has 30 heteroatoms. The van der Waals surface area contributed by atoms with Crippen molar-refractivity contribution in [1.29, 1.82) is 0 Å². The maximum atomic E-state index is 14.0.